The Kier molecular flexibility index (Phi) is 3.14. The monoisotopic (exact) mass is 339 g/mol. The third-order valence-electron chi connectivity index (χ3n) is 5.89. The van der Waals surface area contributed by atoms with E-state index in [2.05, 4.69) is 15.2 Å². The van der Waals surface area contributed by atoms with Crippen molar-refractivity contribution in [3.63, 3.8) is 0 Å². The highest BCUT2D eigenvalue weighted by molar-refractivity contribution is 6.00. The molecule has 2 aromatic rings. The Balaban J connectivity index is 1.49. The van der Waals surface area contributed by atoms with Gasteiger partial charge in [0.2, 0.25) is 5.91 Å². The third kappa shape index (κ3) is 2.18. The van der Waals surface area contributed by atoms with Gasteiger partial charge in [0.05, 0.1) is 6.20 Å². The zero-order chi connectivity index (χ0) is 17.0. The molecule has 2 aromatic heterocycles. The molecule has 1 unspecified atom stereocenters. The van der Waals surface area contributed by atoms with Crippen LogP contribution in [0.5, 0.6) is 0 Å². The minimum atomic E-state index is -0.650. The lowest BCUT2D eigenvalue weighted by Crippen LogP contribution is -2.61. The van der Waals surface area contributed by atoms with Crippen LogP contribution in [0.15, 0.2) is 18.3 Å². The number of carbonyl (C=O) groups excluding carboxylic acids is 2. The van der Waals surface area contributed by atoms with Crippen LogP contribution in [-0.4, -0.2) is 61.5 Å². The van der Waals surface area contributed by atoms with Crippen molar-refractivity contribution in [2.75, 3.05) is 13.1 Å². The number of pyridine rings is 1. The average molecular weight is 339 g/mol. The van der Waals surface area contributed by atoms with Crippen LogP contribution in [0.3, 0.4) is 0 Å². The molecule has 0 radical (unpaired) electrons. The fourth-order valence-corrected chi connectivity index (χ4v) is 4.49. The van der Waals surface area contributed by atoms with E-state index < -0.39 is 5.54 Å². The summed E-state index contributed by atoms with van der Waals surface area (Å²) in [4.78, 5) is 34.7. The van der Waals surface area contributed by atoms with Crippen LogP contribution in [0.25, 0.3) is 11.0 Å². The fraction of sp³-hybridized carbons (Fsp3) is 0.556. The second-order valence-corrected chi connectivity index (χ2v) is 7.43. The van der Waals surface area contributed by atoms with Gasteiger partial charge in [0.15, 0.2) is 5.65 Å². The van der Waals surface area contributed by atoms with Crippen LogP contribution in [0.1, 0.15) is 49.0 Å². The van der Waals surface area contributed by atoms with Gasteiger partial charge in [0.25, 0.3) is 5.91 Å². The number of carbonyl (C=O) groups is 2. The van der Waals surface area contributed by atoms with E-state index in [0.717, 1.165) is 50.5 Å². The molecule has 1 spiro atoms. The number of fused-ring (bicyclic) bond motifs is 1. The normalized spacial score (nSPS) is 26.8. The van der Waals surface area contributed by atoms with E-state index in [0.29, 0.717) is 23.9 Å². The van der Waals surface area contributed by atoms with Gasteiger partial charge in [-0.25, -0.2) is 4.98 Å². The summed E-state index contributed by atoms with van der Waals surface area (Å²) >= 11 is 0. The van der Waals surface area contributed by atoms with Gasteiger partial charge in [-0.1, -0.05) is 0 Å². The number of H-pyrrole nitrogens is 1. The van der Waals surface area contributed by atoms with E-state index in [1.165, 1.54) is 0 Å². The fourth-order valence-electron chi connectivity index (χ4n) is 4.49. The molecule has 0 aromatic carbocycles. The van der Waals surface area contributed by atoms with Crippen molar-refractivity contribution in [3.8, 4) is 0 Å². The van der Waals surface area contributed by atoms with Crippen molar-refractivity contribution in [2.45, 2.75) is 50.1 Å². The van der Waals surface area contributed by atoms with Crippen molar-refractivity contribution < 1.29 is 9.59 Å². The molecule has 5 rings (SSSR count). The third-order valence-corrected chi connectivity index (χ3v) is 5.89. The number of likely N-dealkylation sites (tertiary alicyclic amines) is 2. The van der Waals surface area contributed by atoms with Crippen LogP contribution >= 0.6 is 0 Å². The van der Waals surface area contributed by atoms with Crippen LogP contribution in [0, 0.1) is 0 Å². The number of hydrogen-bond acceptors (Lipinski definition) is 4. The highest BCUT2D eigenvalue weighted by atomic mass is 16.2. The Morgan fingerprint density at radius 2 is 2.00 bits per heavy atom. The SMILES string of the molecule is O=C(c1ccc2cn[nH]c2n1)N1CCCC12CCCN(C1CC1)C2=O. The molecule has 4 heterocycles. The predicted octanol–water partition coefficient (Wildman–Crippen LogP) is 1.72. The van der Waals surface area contributed by atoms with Crippen molar-refractivity contribution in [1.29, 1.82) is 0 Å². The standard InChI is InChI=1S/C18H21N5O2/c24-16(14-6-3-12-11-19-21-15(12)20-14)23-10-2-8-18(23)7-1-9-22(17(18)25)13-4-5-13/h3,6,11,13H,1-2,4-5,7-10H2,(H,19,20,21). The van der Waals surface area contributed by atoms with Gasteiger partial charge in [0.1, 0.15) is 11.2 Å². The number of nitrogens with one attached hydrogen (secondary N) is 1. The number of piperidine rings is 1. The molecule has 2 aliphatic heterocycles. The lowest BCUT2D eigenvalue weighted by Gasteiger charge is -2.44. The smallest absolute Gasteiger partial charge is 0.273 e. The van der Waals surface area contributed by atoms with Gasteiger partial charge in [-0.05, 0) is 50.7 Å². The van der Waals surface area contributed by atoms with Gasteiger partial charge in [0, 0.05) is 24.5 Å². The second-order valence-electron chi connectivity index (χ2n) is 7.43. The quantitative estimate of drug-likeness (QED) is 0.903. The molecule has 2 amide bonds. The zero-order valence-corrected chi connectivity index (χ0v) is 14.1. The molecule has 2 saturated heterocycles. The first-order chi connectivity index (χ1) is 12.2. The summed E-state index contributed by atoms with van der Waals surface area (Å²) in [5.74, 6) is 0.0229. The number of rotatable bonds is 2. The van der Waals surface area contributed by atoms with Crippen LogP contribution in [0.2, 0.25) is 0 Å². The molecule has 1 aliphatic carbocycles. The molecule has 7 heteroatoms. The maximum atomic E-state index is 13.2. The van der Waals surface area contributed by atoms with Crippen LogP contribution < -0.4 is 0 Å². The van der Waals surface area contributed by atoms with E-state index in [1.54, 1.807) is 17.2 Å². The number of aromatic nitrogens is 3. The van der Waals surface area contributed by atoms with E-state index in [4.69, 9.17) is 0 Å². The average Bonchev–Trinajstić information content (AvgIpc) is 3.21. The van der Waals surface area contributed by atoms with E-state index in [-0.39, 0.29) is 11.8 Å². The second kappa shape index (κ2) is 5.28. The van der Waals surface area contributed by atoms with E-state index in [1.807, 2.05) is 11.0 Å². The predicted molar refractivity (Wildman–Crippen MR) is 90.9 cm³/mol. The first kappa shape index (κ1) is 14.9. The van der Waals surface area contributed by atoms with Gasteiger partial charge in [-0.15, -0.1) is 0 Å². The molecule has 25 heavy (non-hydrogen) atoms. The zero-order valence-electron chi connectivity index (χ0n) is 14.1. The Morgan fingerprint density at radius 3 is 2.80 bits per heavy atom. The Bertz CT molecular complexity index is 858. The first-order valence-corrected chi connectivity index (χ1v) is 9.12. The molecule has 130 valence electrons. The number of nitrogens with zero attached hydrogens (tertiary/aromatic N) is 4. The summed E-state index contributed by atoms with van der Waals surface area (Å²) in [7, 11) is 0. The van der Waals surface area contributed by atoms with E-state index >= 15 is 0 Å². The summed E-state index contributed by atoms with van der Waals surface area (Å²) in [6.45, 7) is 1.47. The summed E-state index contributed by atoms with van der Waals surface area (Å²) < 4.78 is 0. The van der Waals surface area contributed by atoms with E-state index in [9.17, 15) is 9.59 Å². The highest BCUT2D eigenvalue weighted by Crippen LogP contribution is 2.42. The van der Waals surface area contributed by atoms with Crippen LogP contribution in [0.4, 0.5) is 0 Å². The molecule has 0 bridgehead atoms. The Labute approximate surface area is 145 Å². The molecule has 3 fully saturated rings. The number of hydrogen-bond donors (Lipinski definition) is 1. The molecule has 7 nitrogen and oxygen atoms in total. The Morgan fingerprint density at radius 1 is 1.20 bits per heavy atom. The molecule has 1 saturated carbocycles. The molecular formula is C18H21N5O2. The topological polar surface area (TPSA) is 82.2 Å². The molecule has 1 atom stereocenters. The summed E-state index contributed by atoms with van der Waals surface area (Å²) in [5, 5.41) is 7.64. The highest BCUT2D eigenvalue weighted by Gasteiger charge is 2.54. The lowest BCUT2D eigenvalue weighted by atomic mass is 9.85. The summed E-state index contributed by atoms with van der Waals surface area (Å²) in [6.07, 6.45) is 7.29. The van der Waals surface area contributed by atoms with Crippen molar-refractivity contribution in [1.82, 2.24) is 25.0 Å². The number of aromatic amines is 1. The summed E-state index contributed by atoms with van der Waals surface area (Å²) in [5.41, 5.74) is 0.339. The van der Waals surface area contributed by atoms with Gasteiger partial charge < -0.3 is 9.80 Å². The molecule has 1 N–H and O–H groups in total. The van der Waals surface area contributed by atoms with Crippen molar-refractivity contribution >= 4 is 22.8 Å². The largest absolute Gasteiger partial charge is 0.338 e. The van der Waals surface area contributed by atoms with Gasteiger partial charge in [-0.2, -0.15) is 5.10 Å². The number of amides is 2. The first-order valence-electron chi connectivity index (χ1n) is 9.12. The van der Waals surface area contributed by atoms with Crippen molar-refractivity contribution in [3.05, 3.63) is 24.0 Å². The maximum absolute atomic E-state index is 13.2. The van der Waals surface area contributed by atoms with Crippen LogP contribution in [-0.2, 0) is 4.79 Å². The van der Waals surface area contributed by atoms with Gasteiger partial charge in [-0.3, -0.25) is 14.7 Å². The van der Waals surface area contributed by atoms with Crippen molar-refractivity contribution in [2.24, 2.45) is 0 Å². The minimum absolute atomic E-state index is 0.139. The van der Waals surface area contributed by atoms with Gasteiger partial charge >= 0.3 is 0 Å². The molecule has 3 aliphatic rings. The minimum Gasteiger partial charge on any atom is -0.338 e. The lowest BCUT2D eigenvalue weighted by molar-refractivity contribution is -0.146. The molecular weight excluding hydrogens is 318 g/mol. The summed E-state index contributed by atoms with van der Waals surface area (Å²) in [6, 6.07) is 3.99. The Hall–Kier alpha value is -2.44. The maximum Gasteiger partial charge on any atom is 0.273 e.